The van der Waals surface area contributed by atoms with Crippen molar-refractivity contribution in [3.8, 4) is 0 Å². The first-order valence-corrected chi connectivity index (χ1v) is 9.72. The number of aromatic nitrogens is 2. The Morgan fingerprint density at radius 3 is 2.61 bits per heavy atom. The quantitative estimate of drug-likeness (QED) is 0.857. The van der Waals surface area contributed by atoms with Crippen molar-refractivity contribution in [1.82, 2.24) is 14.3 Å². The largest absolute Gasteiger partial charge is 0.372 e. The number of nitrogens with zero attached hydrogens (tertiary/aromatic N) is 3. The molecule has 1 unspecified atom stereocenters. The van der Waals surface area contributed by atoms with Crippen LogP contribution in [0.4, 0.5) is 5.95 Å². The van der Waals surface area contributed by atoms with Gasteiger partial charge in [-0.05, 0) is 37.7 Å². The van der Waals surface area contributed by atoms with Gasteiger partial charge in [-0.1, -0.05) is 0 Å². The minimum Gasteiger partial charge on any atom is -0.372 e. The second-order valence-corrected chi connectivity index (χ2v) is 9.08. The second-order valence-electron chi connectivity index (χ2n) is 6.86. The molecule has 1 aromatic rings. The molecule has 1 N–H and O–H groups in total. The first-order chi connectivity index (χ1) is 11.1. The summed E-state index contributed by atoms with van der Waals surface area (Å²) in [6.45, 7) is 2.52. The minimum atomic E-state index is -3.04. The molecule has 1 aromatic heterocycles. The topological polar surface area (TPSA) is 84.4 Å². The Hall–Kier alpha value is -1.25. The van der Waals surface area contributed by atoms with Crippen LogP contribution in [-0.4, -0.2) is 59.8 Å². The fraction of sp³-hybridized carbons (Fsp3) is 0.733. The zero-order valence-electron chi connectivity index (χ0n) is 13.0. The maximum Gasteiger partial charge on any atom is 0.222 e. The first kappa shape index (κ1) is 15.3. The van der Waals surface area contributed by atoms with Crippen LogP contribution in [0.5, 0.6) is 0 Å². The summed E-state index contributed by atoms with van der Waals surface area (Å²) in [5.74, 6) is 1.05. The third kappa shape index (κ3) is 3.07. The lowest BCUT2D eigenvalue weighted by atomic mass is 9.84. The Kier molecular flexibility index (Phi) is 3.78. The highest BCUT2D eigenvalue weighted by Gasteiger charge is 2.54. The Morgan fingerprint density at radius 2 is 2.00 bits per heavy atom. The van der Waals surface area contributed by atoms with Crippen LogP contribution in [0.15, 0.2) is 18.5 Å². The highest BCUT2D eigenvalue weighted by Crippen LogP contribution is 2.41. The number of ether oxygens (including phenoxy) is 1. The summed E-state index contributed by atoms with van der Waals surface area (Å²) in [5, 5.41) is 3.11. The SMILES string of the molecule is O=S(=O)(C1CC1)N1CC2(CCC(CNc3ncccn3)CO2)C1. The number of nitrogens with one attached hydrogen (secondary N) is 1. The van der Waals surface area contributed by atoms with Gasteiger partial charge in [0.2, 0.25) is 16.0 Å². The molecule has 1 aliphatic carbocycles. The molecule has 1 spiro atoms. The average molecular weight is 338 g/mol. The van der Waals surface area contributed by atoms with Gasteiger partial charge in [-0.25, -0.2) is 18.4 Å². The van der Waals surface area contributed by atoms with Gasteiger partial charge in [0.1, 0.15) is 0 Å². The Labute approximate surface area is 136 Å². The maximum absolute atomic E-state index is 12.2. The van der Waals surface area contributed by atoms with Crippen molar-refractivity contribution >= 4 is 16.0 Å². The molecule has 23 heavy (non-hydrogen) atoms. The van der Waals surface area contributed by atoms with Crippen molar-refractivity contribution in [2.45, 2.75) is 36.5 Å². The molecule has 0 amide bonds. The summed E-state index contributed by atoms with van der Waals surface area (Å²) in [4.78, 5) is 8.28. The highest BCUT2D eigenvalue weighted by atomic mass is 32.2. The van der Waals surface area contributed by atoms with Crippen LogP contribution in [0, 0.1) is 5.92 Å². The van der Waals surface area contributed by atoms with Crippen LogP contribution in [0.25, 0.3) is 0 Å². The van der Waals surface area contributed by atoms with Gasteiger partial charge in [-0.15, -0.1) is 0 Å². The normalized spacial score (nSPS) is 27.6. The summed E-state index contributed by atoms with van der Waals surface area (Å²) in [6, 6.07) is 1.79. The molecule has 1 atom stereocenters. The molecule has 126 valence electrons. The fourth-order valence-corrected chi connectivity index (χ4v) is 5.29. The van der Waals surface area contributed by atoms with E-state index in [1.165, 1.54) is 0 Å². The van der Waals surface area contributed by atoms with E-state index in [0.29, 0.717) is 31.6 Å². The minimum absolute atomic E-state index is 0.119. The van der Waals surface area contributed by atoms with E-state index in [4.69, 9.17) is 4.74 Å². The number of anilines is 1. The van der Waals surface area contributed by atoms with Gasteiger partial charge in [0.15, 0.2) is 0 Å². The van der Waals surface area contributed by atoms with E-state index in [9.17, 15) is 8.42 Å². The predicted molar refractivity (Wildman–Crippen MR) is 85.4 cm³/mol. The van der Waals surface area contributed by atoms with Crippen LogP contribution in [0.3, 0.4) is 0 Å². The highest BCUT2D eigenvalue weighted by molar-refractivity contribution is 7.90. The Morgan fingerprint density at radius 1 is 1.26 bits per heavy atom. The molecule has 3 fully saturated rings. The average Bonchev–Trinajstić information content (AvgIpc) is 3.37. The van der Waals surface area contributed by atoms with E-state index >= 15 is 0 Å². The van der Waals surface area contributed by atoms with Crippen molar-refractivity contribution in [3.05, 3.63) is 18.5 Å². The van der Waals surface area contributed by atoms with Gasteiger partial charge in [0.25, 0.3) is 0 Å². The van der Waals surface area contributed by atoms with E-state index in [1.54, 1.807) is 22.8 Å². The van der Waals surface area contributed by atoms with E-state index in [-0.39, 0.29) is 10.9 Å². The maximum atomic E-state index is 12.2. The Balaban J connectivity index is 1.24. The van der Waals surface area contributed by atoms with E-state index in [0.717, 1.165) is 32.2 Å². The van der Waals surface area contributed by atoms with Gasteiger partial charge >= 0.3 is 0 Å². The van der Waals surface area contributed by atoms with E-state index < -0.39 is 10.0 Å². The molecule has 0 radical (unpaired) electrons. The smallest absolute Gasteiger partial charge is 0.222 e. The molecule has 0 bridgehead atoms. The van der Waals surface area contributed by atoms with Crippen LogP contribution in [0.1, 0.15) is 25.7 Å². The zero-order chi connectivity index (χ0) is 15.9. The molecule has 2 saturated heterocycles. The van der Waals surface area contributed by atoms with E-state index in [1.807, 2.05) is 0 Å². The van der Waals surface area contributed by atoms with Crippen molar-refractivity contribution in [2.24, 2.45) is 5.92 Å². The van der Waals surface area contributed by atoms with Crippen LogP contribution in [0.2, 0.25) is 0 Å². The molecule has 0 aromatic carbocycles. The molecule has 7 nitrogen and oxygen atoms in total. The van der Waals surface area contributed by atoms with Gasteiger partial charge in [-0.3, -0.25) is 0 Å². The first-order valence-electron chi connectivity index (χ1n) is 8.21. The third-order valence-corrected chi connectivity index (χ3v) is 7.27. The van der Waals surface area contributed by atoms with Gasteiger partial charge in [-0.2, -0.15) is 4.31 Å². The molecule has 3 heterocycles. The molecule has 4 rings (SSSR count). The van der Waals surface area contributed by atoms with Crippen molar-refractivity contribution in [1.29, 1.82) is 0 Å². The number of hydrogen-bond donors (Lipinski definition) is 1. The van der Waals surface area contributed by atoms with Crippen LogP contribution in [-0.2, 0) is 14.8 Å². The molecular formula is C15H22N4O3S. The monoisotopic (exact) mass is 338 g/mol. The van der Waals surface area contributed by atoms with Gasteiger partial charge in [0.05, 0.1) is 17.5 Å². The Bertz CT molecular complexity index is 647. The lowest BCUT2D eigenvalue weighted by Crippen LogP contribution is -2.66. The number of rotatable bonds is 5. The van der Waals surface area contributed by atoms with Gasteiger partial charge < -0.3 is 10.1 Å². The molecule has 1 saturated carbocycles. The summed E-state index contributed by atoms with van der Waals surface area (Å²) < 4.78 is 32.0. The zero-order valence-corrected chi connectivity index (χ0v) is 13.8. The second kappa shape index (κ2) is 5.68. The lowest BCUT2D eigenvalue weighted by Gasteiger charge is -2.52. The molecular weight excluding hydrogens is 316 g/mol. The standard InChI is InChI=1S/C15H22N4O3S/c20-23(21,13-2-3-13)19-10-15(11-19)5-4-12(9-22-15)8-18-14-16-6-1-7-17-14/h1,6-7,12-13H,2-5,8-11H2,(H,16,17,18). The fourth-order valence-electron chi connectivity index (χ4n) is 3.31. The third-order valence-electron chi connectivity index (χ3n) is 4.98. The summed E-state index contributed by atoms with van der Waals surface area (Å²) in [6.07, 6.45) is 7.03. The molecule has 2 aliphatic heterocycles. The summed E-state index contributed by atoms with van der Waals surface area (Å²) >= 11 is 0. The predicted octanol–water partition coefficient (Wildman–Crippen LogP) is 0.862. The molecule has 8 heteroatoms. The number of sulfonamides is 1. The summed E-state index contributed by atoms with van der Waals surface area (Å²) in [5.41, 5.74) is -0.234. The van der Waals surface area contributed by atoms with Crippen molar-refractivity contribution in [2.75, 3.05) is 31.6 Å². The van der Waals surface area contributed by atoms with Crippen molar-refractivity contribution in [3.63, 3.8) is 0 Å². The lowest BCUT2D eigenvalue weighted by molar-refractivity contribution is -0.155. The van der Waals surface area contributed by atoms with Crippen LogP contribution < -0.4 is 5.32 Å². The summed E-state index contributed by atoms with van der Waals surface area (Å²) in [7, 11) is -3.04. The van der Waals surface area contributed by atoms with Crippen LogP contribution >= 0.6 is 0 Å². The van der Waals surface area contributed by atoms with Gasteiger partial charge in [0, 0.05) is 32.0 Å². The molecule has 3 aliphatic rings. The number of hydrogen-bond acceptors (Lipinski definition) is 6. The van der Waals surface area contributed by atoms with E-state index in [2.05, 4.69) is 15.3 Å². The van der Waals surface area contributed by atoms with Crippen molar-refractivity contribution < 1.29 is 13.2 Å².